The van der Waals surface area contributed by atoms with Crippen LogP contribution < -0.4 is 4.74 Å². The SMILES string of the molecule is Cc1ccc(CN(CCCn2ccnc2)Cc2ccc3c(c2)C[C@H](C)O3)s1. The highest BCUT2D eigenvalue weighted by Crippen LogP contribution is 2.30. The van der Waals surface area contributed by atoms with Crippen LogP contribution in [-0.2, 0) is 26.1 Å². The molecule has 0 unspecified atom stereocenters. The Morgan fingerprint density at radius 2 is 2.19 bits per heavy atom. The van der Waals surface area contributed by atoms with Crippen LogP contribution in [0.25, 0.3) is 0 Å². The van der Waals surface area contributed by atoms with E-state index >= 15 is 0 Å². The largest absolute Gasteiger partial charge is 0.490 e. The normalized spacial score (nSPS) is 15.9. The van der Waals surface area contributed by atoms with Gasteiger partial charge in [0.15, 0.2) is 0 Å². The van der Waals surface area contributed by atoms with Gasteiger partial charge in [0.1, 0.15) is 11.9 Å². The molecule has 1 atom stereocenters. The molecule has 4 rings (SSSR count). The van der Waals surface area contributed by atoms with E-state index in [0.717, 1.165) is 44.8 Å². The second-order valence-corrected chi connectivity index (χ2v) is 8.82. The van der Waals surface area contributed by atoms with Crippen LogP contribution in [0.5, 0.6) is 5.75 Å². The summed E-state index contributed by atoms with van der Waals surface area (Å²) >= 11 is 1.90. The molecule has 0 bridgehead atoms. The molecule has 3 aromatic rings. The van der Waals surface area contributed by atoms with Gasteiger partial charge in [0.2, 0.25) is 0 Å². The van der Waals surface area contributed by atoms with Crippen LogP contribution in [0.3, 0.4) is 0 Å². The number of ether oxygens (including phenoxy) is 1. The smallest absolute Gasteiger partial charge is 0.123 e. The monoisotopic (exact) mass is 381 g/mol. The molecule has 2 aromatic heterocycles. The molecule has 0 spiro atoms. The second-order valence-electron chi connectivity index (χ2n) is 7.45. The van der Waals surface area contributed by atoms with Gasteiger partial charge in [-0.1, -0.05) is 12.1 Å². The Morgan fingerprint density at radius 3 is 2.96 bits per heavy atom. The molecule has 0 amide bonds. The first-order chi connectivity index (χ1) is 13.2. The van der Waals surface area contributed by atoms with E-state index in [-0.39, 0.29) is 0 Å². The molecule has 1 aliphatic rings. The average Bonchev–Trinajstić information content (AvgIpc) is 3.36. The molecule has 5 heteroatoms. The lowest BCUT2D eigenvalue weighted by Crippen LogP contribution is -2.24. The van der Waals surface area contributed by atoms with Crippen molar-refractivity contribution in [2.45, 2.75) is 52.4 Å². The van der Waals surface area contributed by atoms with Crippen molar-refractivity contribution in [3.05, 3.63) is 69.9 Å². The Labute approximate surface area is 165 Å². The molecule has 4 nitrogen and oxygen atoms in total. The highest BCUT2D eigenvalue weighted by atomic mass is 32.1. The zero-order chi connectivity index (χ0) is 18.6. The molecule has 3 heterocycles. The number of aryl methyl sites for hydroxylation is 2. The highest BCUT2D eigenvalue weighted by molar-refractivity contribution is 7.11. The van der Waals surface area contributed by atoms with Gasteiger partial charge in [-0.3, -0.25) is 4.90 Å². The third kappa shape index (κ3) is 4.79. The van der Waals surface area contributed by atoms with Gasteiger partial charge in [-0.2, -0.15) is 0 Å². The number of thiophene rings is 1. The minimum atomic E-state index is 0.302. The zero-order valence-electron chi connectivity index (χ0n) is 16.1. The van der Waals surface area contributed by atoms with Crippen molar-refractivity contribution in [3.8, 4) is 5.75 Å². The van der Waals surface area contributed by atoms with Crippen molar-refractivity contribution < 1.29 is 4.74 Å². The highest BCUT2D eigenvalue weighted by Gasteiger charge is 2.19. The number of hydrogen-bond acceptors (Lipinski definition) is 4. The fourth-order valence-corrected chi connectivity index (χ4v) is 4.67. The quantitative estimate of drug-likeness (QED) is 0.568. The molecule has 1 aromatic carbocycles. The zero-order valence-corrected chi connectivity index (χ0v) is 16.9. The molecular formula is C22H27N3OS. The van der Waals surface area contributed by atoms with E-state index in [1.54, 1.807) is 0 Å². The van der Waals surface area contributed by atoms with Gasteiger partial charge in [-0.25, -0.2) is 4.98 Å². The fraction of sp³-hybridized carbons (Fsp3) is 0.409. The van der Waals surface area contributed by atoms with Crippen LogP contribution in [0.15, 0.2) is 49.1 Å². The first-order valence-electron chi connectivity index (χ1n) is 9.67. The predicted octanol–water partition coefficient (Wildman–Crippen LogP) is 4.67. The standard InChI is InChI=1S/C22H27N3OS/c1-17-12-20-13-19(5-7-22(20)26-17)14-25(15-21-6-4-18(2)27-21)10-3-9-24-11-8-23-16-24/h4-8,11,13,16-17H,3,9-10,12,14-15H2,1-2H3/t17-/m0/s1. The molecule has 0 N–H and O–H groups in total. The fourth-order valence-electron chi connectivity index (χ4n) is 3.73. The van der Waals surface area contributed by atoms with Gasteiger partial charge in [0.25, 0.3) is 0 Å². The van der Waals surface area contributed by atoms with E-state index in [1.807, 2.05) is 30.1 Å². The molecule has 142 valence electrons. The predicted molar refractivity (Wildman–Crippen MR) is 110 cm³/mol. The summed E-state index contributed by atoms with van der Waals surface area (Å²) in [5.41, 5.74) is 2.73. The second kappa shape index (κ2) is 8.28. The van der Waals surface area contributed by atoms with E-state index in [9.17, 15) is 0 Å². The number of benzene rings is 1. The molecule has 27 heavy (non-hydrogen) atoms. The first-order valence-corrected chi connectivity index (χ1v) is 10.5. The maximum absolute atomic E-state index is 5.85. The Morgan fingerprint density at radius 1 is 1.26 bits per heavy atom. The van der Waals surface area contributed by atoms with E-state index < -0.39 is 0 Å². The number of imidazole rings is 1. The van der Waals surface area contributed by atoms with Crippen LogP contribution in [0.4, 0.5) is 0 Å². The lowest BCUT2D eigenvalue weighted by molar-refractivity contribution is 0.250. The minimum absolute atomic E-state index is 0.302. The van der Waals surface area contributed by atoms with Crippen molar-refractivity contribution in [1.82, 2.24) is 14.5 Å². The van der Waals surface area contributed by atoms with Gasteiger partial charge < -0.3 is 9.30 Å². The molecule has 1 aliphatic heterocycles. The lowest BCUT2D eigenvalue weighted by atomic mass is 10.1. The van der Waals surface area contributed by atoms with Crippen molar-refractivity contribution in [2.24, 2.45) is 0 Å². The van der Waals surface area contributed by atoms with Gasteiger partial charge in [0, 0.05) is 54.7 Å². The van der Waals surface area contributed by atoms with E-state index in [1.165, 1.54) is 20.9 Å². The maximum Gasteiger partial charge on any atom is 0.123 e. The summed E-state index contributed by atoms with van der Waals surface area (Å²) in [6.07, 6.45) is 8.22. The van der Waals surface area contributed by atoms with Gasteiger partial charge in [-0.05, 0) is 49.6 Å². The maximum atomic E-state index is 5.85. The summed E-state index contributed by atoms with van der Waals surface area (Å²) in [5, 5.41) is 0. The molecule has 0 saturated carbocycles. The molecule has 0 fully saturated rings. The summed E-state index contributed by atoms with van der Waals surface area (Å²) in [6, 6.07) is 11.2. The summed E-state index contributed by atoms with van der Waals surface area (Å²) in [5.74, 6) is 1.06. The Balaban J connectivity index is 1.42. The van der Waals surface area contributed by atoms with Crippen molar-refractivity contribution >= 4 is 11.3 Å². The minimum Gasteiger partial charge on any atom is -0.490 e. The number of nitrogens with zero attached hydrogens (tertiary/aromatic N) is 3. The third-order valence-electron chi connectivity index (χ3n) is 4.99. The van der Waals surface area contributed by atoms with Crippen LogP contribution in [0, 0.1) is 6.92 Å². The number of hydrogen-bond donors (Lipinski definition) is 0. The molecule has 0 saturated heterocycles. The summed E-state index contributed by atoms with van der Waals surface area (Å²) in [6.45, 7) is 8.38. The molecule has 0 aliphatic carbocycles. The molecule has 0 radical (unpaired) electrons. The Kier molecular flexibility index (Phi) is 5.60. The van der Waals surface area contributed by atoms with Crippen LogP contribution >= 0.6 is 11.3 Å². The molecular weight excluding hydrogens is 354 g/mol. The number of rotatable bonds is 8. The van der Waals surface area contributed by atoms with Crippen molar-refractivity contribution in [1.29, 1.82) is 0 Å². The van der Waals surface area contributed by atoms with Crippen molar-refractivity contribution in [2.75, 3.05) is 6.54 Å². The van der Waals surface area contributed by atoms with Gasteiger partial charge in [-0.15, -0.1) is 11.3 Å². The summed E-state index contributed by atoms with van der Waals surface area (Å²) in [4.78, 5) is 9.52. The average molecular weight is 382 g/mol. The topological polar surface area (TPSA) is 30.3 Å². The van der Waals surface area contributed by atoms with E-state index in [0.29, 0.717) is 6.10 Å². The van der Waals surface area contributed by atoms with Crippen LogP contribution in [-0.4, -0.2) is 27.1 Å². The lowest BCUT2D eigenvalue weighted by Gasteiger charge is -2.22. The summed E-state index contributed by atoms with van der Waals surface area (Å²) in [7, 11) is 0. The van der Waals surface area contributed by atoms with Crippen molar-refractivity contribution in [3.63, 3.8) is 0 Å². The van der Waals surface area contributed by atoms with Crippen LogP contribution in [0.1, 0.15) is 34.2 Å². The van der Waals surface area contributed by atoms with E-state index in [4.69, 9.17) is 4.74 Å². The Bertz CT molecular complexity index is 872. The van der Waals surface area contributed by atoms with Crippen LogP contribution in [0.2, 0.25) is 0 Å². The van der Waals surface area contributed by atoms with Gasteiger partial charge >= 0.3 is 0 Å². The van der Waals surface area contributed by atoms with E-state index in [2.05, 4.69) is 58.6 Å². The summed E-state index contributed by atoms with van der Waals surface area (Å²) < 4.78 is 8.01. The van der Waals surface area contributed by atoms with Gasteiger partial charge in [0.05, 0.1) is 6.33 Å². The number of fused-ring (bicyclic) bond motifs is 1. The third-order valence-corrected chi connectivity index (χ3v) is 5.98. The Hall–Kier alpha value is -2.11. The first kappa shape index (κ1) is 18.3. The number of aromatic nitrogens is 2.